The molecule has 2 aromatic heterocycles. The van der Waals surface area contributed by atoms with Crippen molar-refractivity contribution in [1.82, 2.24) is 15.0 Å². The monoisotopic (exact) mass is 359 g/mol. The van der Waals surface area contributed by atoms with Crippen molar-refractivity contribution < 1.29 is 23.5 Å². The van der Waals surface area contributed by atoms with Crippen LogP contribution in [0.2, 0.25) is 0 Å². The topological polar surface area (TPSA) is 95.8 Å². The highest BCUT2D eigenvalue weighted by molar-refractivity contribution is 5.53. The summed E-state index contributed by atoms with van der Waals surface area (Å²) in [5.41, 5.74) is 0.658. The molecule has 8 heteroatoms. The van der Waals surface area contributed by atoms with Gasteiger partial charge in [0.2, 0.25) is 11.7 Å². The number of rotatable bonds is 5. The first-order valence-corrected chi connectivity index (χ1v) is 8.32. The summed E-state index contributed by atoms with van der Waals surface area (Å²) in [5, 5.41) is 23.2. The Balaban J connectivity index is 1.54. The van der Waals surface area contributed by atoms with Crippen molar-refractivity contribution in [2.24, 2.45) is 0 Å². The summed E-state index contributed by atoms with van der Waals surface area (Å²) in [6, 6.07) is 9.13. The Morgan fingerprint density at radius 2 is 1.92 bits per heavy atom. The predicted molar refractivity (Wildman–Crippen MR) is 88.1 cm³/mol. The number of likely N-dealkylation sites (tertiary alicyclic amines) is 1. The van der Waals surface area contributed by atoms with Gasteiger partial charge in [-0.3, -0.25) is 4.90 Å². The molecule has 2 N–H and O–H groups in total. The molecule has 26 heavy (non-hydrogen) atoms. The maximum Gasteiger partial charge on any atom is 0.244 e. The van der Waals surface area contributed by atoms with E-state index in [0.717, 1.165) is 0 Å². The van der Waals surface area contributed by atoms with E-state index in [1.807, 2.05) is 4.90 Å². The highest BCUT2D eigenvalue weighted by atomic mass is 19.1. The van der Waals surface area contributed by atoms with Gasteiger partial charge in [-0.25, -0.2) is 4.39 Å². The molecule has 3 aromatic rings. The zero-order chi connectivity index (χ0) is 18.1. The third-order valence-electron chi connectivity index (χ3n) is 4.44. The van der Waals surface area contributed by atoms with E-state index in [1.54, 1.807) is 24.3 Å². The molecule has 3 heterocycles. The second-order valence-electron chi connectivity index (χ2n) is 6.32. The molecular weight excluding hydrogens is 341 g/mol. The predicted octanol–water partition coefficient (Wildman–Crippen LogP) is 2.27. The molecule has 1 aliphatic heterocycles. The van der Waals surface area contributed by atoms with E-state index in [-0.39, 0.29) is 18.5 Å². The van der Waals surface area contributed by atoms with Gasteiger partial charge in [-0.1, -0.05) is 5.16 Å². The number of benzene rings is 1. The van der Waals surface area contributed by atoms with E-state index >= 15 is 0 Å². The Hall–Kier alpha value is -2.55. The fourth-order valence-corrected chi connectivity index (χ4v) is 3.19. The van der Waals surface area contributed by atoms with Crippen LogP contribution >= 0.6 is 0 Å². The van der Waals surface area contributed by atoms with Crippen LogP contribution in [0, 0.1) is 5.82 Å². The van der Waals surface area contributed by atoms with Crippen LogP contribution in [0.3, 0.4) is 0 Å². The van der Waals surface area contributed by atoms with Gasteiger partial charge in [0.1, 0.15) is 23.9 Å². The number of β-amino-alcohol motifs (C(OH)–C–C–N with tert-alkyl or cyclic N) is 1. The molecule has 1 aliphatic rings. The maximum atomic E-state index is 13.1. The normalized spacial score (nSPS) is 20.7. The minimum Gasteiger partial charge on any atom is -0.462 e. The number of hydrogen-bond donors (Lipinski definition) is 2. The van der Waals surface area contributed by atoms with Gasteiger partial charge in [0.15, 0.2) is 0 Å². The minimum absolute atomic E-state index is 0.156. The molecule has 0 bridgehead atoms. The van der Waals surface area contributed by atoms with Crippen molar-refractivity contribution in [3.05, 3.63) is 59.6 Å². The van der Waals surface area contributed by atoms with Crippen molar-refractivity contribution in [2.45, 2.75) is 31.7 Å². The number of aliphatic hydroxyl groups is 2. The third-order valence-corrected chi connectivity index (χ3v) is 4.44. The van der Waals surface area contributed by atoms with Crippen LogP contribution in [0.1, 0.15) is 29.9 Å². The van der Waals surface area contributed by atoms with E-state index in [9.17, 15) is 9.50 Å². The number of halogens is 1. The number of furan rings is 1. The third kappa shape index (κ3) is 3.39. The molecular formula is C18H18FN3O4. The van der Waals surface area contributed by atoms with E-state index in [4.69, 9.17) is 14.0 Å². The summed E-state index contributed by atoms with van der Waals surface area (Å²) in [7, 11) is 0. The average Bonchev–Trinajstić information content (AvgIpc) is 3.35. The first-order valence-electron chi connectivity index (χ1n) is 8.32. The van der Waals surface area contributed by atoms with Crippen LogP contribution in [-0.4, -0.2) is 37.9 Å². The summed E-state index contributed by atoms with van der Waals surface area (Å²) < 4.78 is 24.0. The lowest BCUT2D eigenvalue weighted by atomic mass is 10.2. The summed E-state index contributed by atoms with van der Waals surface area (Å²) in [6.45, 7) is 0.751. The lowest BCUT2D eigenvalue weighted by Gasteiger charge is -2.19. The van der Waals surface area contributed by atoms with Crippen molar-refractivity contribution in [2.75, 3.05) is 6.54 Å². The highest BCUT2D eigenvalue weighted by Crippen LogP contribution is 2.33. The van der Waals surface area contributed by atoms with Crippen LogP contribution in [0.5, 0.6) is 0 Å². The van der Waals surface area contributed by atoms with E-state index in [2.05, 4.69) is 10.1 Å². The molecule has 1 fully saturated rings. The largest absolute Gasteiger partial charge is 0.462 e. The van der Waals surface area contributed by atoms with Gasteiger partial charge in [-0.2, -0.15) is 4.98 Å². The summed E-state index contributed by atoms with van der Waals surface area (Å²) in [4.78, 5) is 6.41. The van der Waals surface area contributed by atoms with Gasteiger partial charge in [0.25, 0.3) is 0 Å². The zero-order valence-electron chi connectivity index (χ0n) is 13.9. The van der Waals surface area contributed by atoms with Crippen molar-refractivity contribution in [1.29, 1.82) is 0 Å². The first kappa shape index (κ1) is 16.9. The van der Waals surface area contributed by atoms with Crippen molar-refractivity contribution in [3.8, 4) is 11.4 Å². The van der Waals surface area contributed by atoms with Gasteiger partial charge in [0.05, 0.1) is 18.7 Å². The van der Waals surface area contributed by atoms with Crippen molar-refractivity contribution >= 4 is 0 Å². The maximum absolute atomic E-state index is 13.1. The van der Waals surface area contributed by atoms with Gasteiger partial charge in [-0.05, 0) is 42.8 Å². The Bertz CT molecular complexity index is 877. The molecule has 0 amide bonds. The smallest absolute Gasteiger partial charge is 0.244 e. The zero-order valence-corrected chi connectivity index (χ0v) is 13.9. The highest BCUT2D eigenvalue weighted by Gasteiger charge is 2.36. The number of aliphatic hydroxyl groups excluding tert-OH is 2. The molecule has 7 nitrogen and oxygen atoms in total. The number of hydrogen-bond acceptors (Lipinski definition) is 7. The first-order chi connectivity index (χ1) is 12.6. The Morgan fingerprint density at radius 1 is 1.15 bits per heavy atom. The van der Waals surface area contributed by atoms with Crippen LogP contribution in [0.4, 0.5) is 4.39 Å². The summed E-state index contributed by atoms with van der Waals surface area (Å²) in [6.07, 6.45) is -0.0352. The minimum atomic E-state index is -0.506. The SMILES string of the molecule is OCc1ccc(CN2C[C@H](O)C[C@H]2c2nc(-c3ccc(F)cc3)no2)o1. The molecule has 0 unspecified atom stereocenters. The van der Waals surface area contributed by atoms with Gasteiger partial charge in [0, 0.05) is 12.1 Å². The molecule has 0 spiro atoms. The summed E-state index contributed by atoms with van der Waals surface area (Å²) >= 11 is 0. The molecule has 0 saturated carbocycles. The average molecular weight is 359 g/mol. The molecule has 1 aromatic carbocycles. The Kier molecular flexibility index (Phi) is 4.54. The summed E-state index contributed by atoms with van der Waals surface area (Å²) in [5.74, 6) is 1.62. The van der Waals surface area contributed by atoms with Crippen LogP contribution in [0.25, 0.3) is 11.4 Å². The van der Waals surface area contributed by atoms with Crippen LogP contribution in [0.15, 0.2) is 45.3 Å². The van der Waals surface area contributed by atoms with Crippen LogP contribution in [-0.2, 0) is 13.2 Å². The lowest BCUT2D eigenvalue weighted by molar-refractivity contribution is 0.160. The number of nitrogens with zero attached hydrogens (tertiary/aromatic N) is 3. The lowest BCUT2D eigenvalue weighted by Crippen LogP contribution is -2.24. The second-order valence-corrected chi connectivity index (χ2v) is 6.32. The second kappa shape index (κ2) is 6.99. The van der Waals surface area contributed by atoms with E-state index < -0.39 is 6.10 Å². The molecule has 0 radical (unpaired) electrons. The quantitative estimate of drug-likeness (QED) is 0.721. The van der Waals surface area contributed by atoms with Crippen LogP contribution < -0.4 is 0 Å². The molecule has 136 valence electrons. The van der Waals surface area contributed by atoms with Gasteiger partial charge >= 0.3 is 0 Å². The van der Waals surface area contributed by atoms with E-state index in [1.165, 1.54) is 12.1 Å². The Morgan fingerprint density at radius 3 is 2.65 bits per heavy atom. The standard InChI is InChI=1S/C18H18FN3O4/c19-12-3-1-11(2-4-12)17-20-18(26-21-17)16-7-13(24)8-22(16)9-14-5-6-15(10-23)25-14/h1-6,13,16,23-24H,7-10H2/t13-,16+/m1/s1. The fourth-order valence-electron chi connectivity index (χ4n) is 3.19. The Labute approximate surface area is 148 Å². The molecule has 2 atom stereocenters. The number of aromatic nitrogens is 2. The fraction of sp³-hybridized carbons (Fsp3) is 0.333. The molecule has 0 aliphatic carbocycles. The van der Waals surface area contributed by atoms with E-state index in [0.29, 0.717) is 48.3 Å². The van der Waals surface area contributed by atoms with Crippen molar-refractivity contribution in [3.63, 3.8) is 0 Å². The van der Waals surface area contributed by atoms with Gasteiger partial charge < -0.3 is 19.2 Å². The molecule has 1 saturated heterocycles. The molecule has 4 rings (SSSR count). The van der Waals surface area contributed by atoms with Gasteiger partial charge in [-0.15, -0.1) is 0 Å².